The van der Waals surface area contributed by atoms with Crippen molar-refractivity contribution >= 4 is 0 Å². The summed E-state index contributed by atoms with van der Waals surface area (Å²) >= 11 is 0. The van der Waals surface area contributed by atoms with Crippen molar-refractivity contribution in [2.75, 3.05) is 14.1 Å². The van der Waals surface area contributed by atoms with E-state index in [1.54, 1.807) is 16.7 Å². The molecule has 0 aliphatic rings. The van der Waals surface area contributed by atoms with E-state index in [4.69, 9.17) is 0 Å². The van der Waals surface area contributed by atoms with Gasteiger partial charge in [-0.25, -0.2) is 0 Å². The minimum Gasteiger partial charge on any atom is -0.300 e. The highest BCUT2D eigenvalue weighted by Crippen LogP contribution is 2.41. The second kappa shape index (κ2) is 56.9. The van der Waals surface area contributed by atoms with Gasteiger partial charge >= 0.3 is 0 Å². The van der Waals surface area contributed by atoms with Gasteiger partial charge < -0.3 is 0 Å². The van der Waals surface area contributed by atoms with Crippen molar-refractivity contribution in [1.82, 2.24) is 4.90 Å². The van der Waals surface area contributed by atoms with Gasteiger partial charge in [-0.2, -0.15) is 0 Å². The second-order valence-corrected chi connectivity index (χ2v) is 25.3. The molecular formula is C73H141N. The summed E-state index contributed by atoms with van der Waals surface area (Å²) in [4.78, 5) is 2.75. The van der Waals surface area contributed by atoms with E-state index >= 15 is 0 Å². The van der Waals surface area contributed by atoms with Gasteiger partial charge in [-0.15, -0.1) is 0 Å². The van der Waals surface area contributed by atoms with Crippen LogP contribution in [0.3, 0.4) is 0 Å². The lowest BCUT2D eigenvalue weighted by Crippen LogP contribution is -2.42. The van der Waals surface area contributed by atoms with Crippen molar-refractivity contribution in [3.8, 4) is 0 Å². The van der Waals surface area contributed by atoms with Crippen LogP contribution in [-0.2, 0) is 18.4 Å². The Bertz CT molecular complexity index is 1180. The average molecular weight is 1030 g/mol. The van der Waals surface area contributed by atoms with Gasteiger partial charge in [0, 0.05) is 5.54 Å². The molecule has 74 heavy (non-hydrogen) atoms. The first-order chi connectivity index (χ1) is 36.6. The third kappa shape index (κ3) is 42.2. The molecule has 1 nitrogen and oxygen atoms in total. The maximum atomic E-state index is 2.75. The van der Waals surface area contributed by atoms with Gasteiger partial charge in [0.2, 0.25) is 0 Å². The average Bonchev–Trinajstić information content (AvgIpc) is 3.40. The van der Waals surface area contributed by atoms with E-state index in [0.717, 1.165) is 0 Å². The minimum atomic E-state index is 0.158. The van der Waals surface area contributed by atoms with Gasteiger partial charge in [0.05, 0.1) is 0 Å². The highest BCUT2D eigenvalue weighted by Gasteiger charge is 2.36. The molecule has 0 amide bonds. The predicted molar refractivity (Wildman–Crippen MR) is 340 cm³/mol. The first kappa shape index (κ1) is 71.2. The zero-order valence-electron chi connectivity index (χ0n) is 52.6. The third-order valence-corrected chi connectivity index (χ3v) is 18.1. The topological polar surface area (TPSA) is 3.24 Å². The molecule has 0 aliphatic heterocycles. The van der Waals surface area contributed by atoms with Crippen LogP contribution >= 0.6 is 0 Å². The first-order valence-corrected chi connectivity index (χ1v) is 35.4. The fraction of sp³-hybridized carbons (Fsp3) is 0.918. The van der Waals surface area contributed by atoms with Crippen molar-refractivity contribution in [3.05, 3.63) is 34.9 Å². The fourth-order valence-electron chi connectivity index (χ4n) is 12.9. The SMILES string of the molecule is CCCCCCCCCCCCCCCCc1cccc(C(CCCCCCCCCCCCCCCC)(CCCCCCCCCCCCCCCC)N(C)C)c1CCCCCCCCCCCCCCCC. The lowest BCUT2D eigenvalue weighted by atomic mass is 9.75. The zero-order chi connectivity index (χ0) is 53.4. The number of nitrogens with zero attached hydrogens (tertiary/aromatic N) is 1. The molecule has 0 saturated carbocycles. The molecule has 0 heterocycles. The summed E-state index contributed by atoms with van der Waals surface area (Å²) in [5.41, 5.74) is 5.43. The molecule has 1 aromatic rings. The summed E-state index contributed by atoms with van der Waals surface area (Å²) in [6.45, 7) is 9.33. The predicted octanol–water partition coefficient (Wildman–Crippen LogP) is 26.2. The Balaban J connectivity index is 2.98. The molecule has 0 unspecified atom stereocenters. The molecule has 1 aromatic carbocycles. The molecule has 1 heteroatoms. The van der Waals surface area contributed by atoms with Crippen LogP contribution in [0.15, 0.2) is 18.2 Å². The van der Waals surface area contributed by atoms with Crippen LogP contribution in [0.1, 0.15) is 417 Å². The minimum absolute atomic E-state index is 0.158. The largest absolute Gasteiger partial charge is 0.300 e. The van der Waals surface area contributed by atoms with Crippen LogP contribution in [0.5, 0.6) is 0 Å². The first-order valence-electron chi connectivity index (χ1n) is 35.4. The fourth-order valence-corrected chi connectivity index (χ4v) is 12.9. The third-order valence-electron chi connectivity index (χ3n) is 18.1. The van der Waals surface area contributed by atoms with Crippen molar-refractivity contribution in [2.45, 2.75) is 418 Å². The van der Waals surface area contributed by atoms with E-state index in [1.807, 2.05) is 0 Å². The van der Waals surface area contributed by atoms with Crippen molar-refractivity contribution in [1.29, 1.82) is 0 Å². The number of hydrogen-bond donors (Lipinski definition) is 0. The van der Waals surface area contributed by atoms with E-state index in [2.05, 4.69) is 64.9 Å². The number of hydrogen-bond acceptors (Lipinski definition) is 1. The Labute approximate surface area is 470 Å². The summed E-state index contributed by atoms with van der Waals surface area (Å²) in [5, 5.41) is 0. The number of aryl methyl sites for hydroxylation is 1. The molecule has 0 spiro atoms. The highest BCUT2D eigenvalue weighted by atomic mass is 15.1. The van der Waals surface area contributed by atoms with Crippen molar-refractivity contribution in [3.63, 3.8) is 0 Å². The molecule has 0 aromatic heterocycles. The van der Waals surface area contributed by atoms with Crippen LogP contribution in [-0.4, -0.2) is 19.0 Å². The second-order valence-electron chi connectivity index (χ2n) is 25.3. The molecule has 0 atom stereocenters. The Morgan fingerprint density at radius 3 is 0.716 bits per heavy atom. The number of benzene rings is 1. The Kier molecular flexibility index (Phi) is 54.7. The monoisotopic (exact) mass is 1030 g/mol. The van der Waals surface area contributed by atoms with Crippen LogP contribution < -0.4 is 0 Å². The number of unbranched alkanes of at least 4 members (excludes halogenated alkanes) is 52. The van der Waals surface area contributed by atoms with Gasteiger partial charge in [0.1, 0.15) is 0 Å². The molecule has 0 radical (unpaired) electrons. The summed E-state index contributed by atoms with van der Waals surface area (Å²) in [7, 11) is 4.95. The molecule has 0 N–H and O–H groups in total. The van der Waals surface area contributed by atoms with Gasteiger partial charge in [-0.05, 0) is 69.3 Å². The van der Waals surface area contributed by atoms with Crippen LogP contribution in [0.25, 0.3) is 0 Å². The van der Waals surface area contributed by atoms with Gasteiger partial charge in [0.15, 0.2) is 0 Å². The maximum Gasteiger partial charge on any atom is 0.0457 e. The Hall–Kier alpha value is -0.820. The van der Waals surface area contributed by atoms with Crippen LogP contribution in [0.4, 0.5) is 0 Å². The summed E-state index contributed by atoms with van der Waals surface area (Å²) < 4.78 is 0. The Morgan fingerprint density at radius 1 is 0.257 bits per heavy atom. The van der Waals surface area contributed by atoms with Crippen molar-refractivity contribution in [2.24, 2.45) is 0 Å². The lowest BCUT2D eigenvalue weighted by Gasteiger charge is -2.43. The quantitative estimate of drug-likeness (QED) is 0.0588. The highest BCUT2D eigenvalue weighted by molar-refractivity contribution is 5.40. The van der Waals surface area contributed by atoms with E-state index in [0.29, 0.717) is 0 Å². The standard InChI is InChI=1S/C73H141N/c1-7-11-15-19-23-27-31-35-39-43-47-51-55-59-64-70-65-63-67-72(71(70)66-60-56-52-48-44-40-36-32-28-24-20-16-12-8-2)73(74(5)6,68-61-57-53-49-45-41-37-33-29-25-21-17-13-9-3)69-62-58-54-50-46-42-38-34-30-26-22-18-14-10-4/h63,65,67H,7-62,64,66,68-69H2,1-6H3. The molecule has 1 rings (SSSR count). The molecule has 0 fully saturated rings. The zero-order valence-corrected chi connectivity index (χ0v) is 52.6. The van der Waals surface area contributed by atoms with E-state index in [1.165, 1.54) is 385 Å². The van der Waals surface area contributed by atoms with Gasteiger partial charge in [-0.1, -0.05) is 393 Å². The molecule has 0 bridgehead atoms. The Morgan fingerprint density at radius 2 is 0.473 bits per heavy atom. The summed E-state index contributed by atoms with van der Waals surface area (Å²) in [6, 6.07) is 7.75. The molecule has 0 aliphatic carbocycles. The molecule has 0 saturated heterocycles. The van der Waals surface area contributed by atoms with Crippen LogP contribution in [0, 0.1) is 0 Å². The number of rotatable bonds is 62. The smallest absolute Gasteiger partial charge is 0.0457 e. The van der Waals surface area contributed by atoms with E-state index in [9.17, 15) is 0 Å². The summed E-state index contributed by atoms with van der Waals surface area (Å²) in [6.07, 6.45) is 86.0. The van der Waals surface area contributed by atoms with Gasteiger partial charge in [-0.3, -0.25) is 4.90 Å². The van der Waals surface area contributed by atoms with Crippen molar-refractivity contribution < 1.29 is 0 Å². The van der Waals surface area contributed by atoms with E-state index < -0.39 is 0 Å². The van der Waals surface area contributed by atoms with Crippen LogP contribution in [0.2, 0.25) is 0 Å². The maximum absolute atomic E-state index is 2.75. The van der Waals surface area contributed by atoms with E-state index in [-0.39, 0.29) is 5.54 Å². The lowest BCUT2D eigenvalue weighted by molar-refractivity contribution is 0.116. The van der Waals surface area contributed by atoms with Gasteiger partial charge in [0.25, 0.3) is 0 Å². The summed E-state index contributed by atoms with van der Waals surface area (Å²) in [5.74, 6) is 0. The molecular weight excluding hydrogens is 891 g/mol. The molecule has 438 valence electrons. The normalized spacial score (nSPS) is 12.0.